The number of nitrogens with zero attached hydrogens (tertiary/aromatic N) is 1. The second-order valence-electron chi connectivity index (χ2n) is 5.91. The Morgan fingerprint density at radius 3 is 2.71 bits per heavy atom. The summed E-state index contributed by atoms with van der Waals surface area (Å²) in [5.41, 5.74) is 3.11. The molecule has 1 aromatic carbocycles. The quantitative estimate of drug-likeness (QED) is 0.892. The Kier molecular flexibility index (Phi) is 3.87. The number of carbonyl (C=O) groups is 1. The summed E-state index contributed by atoms with van der Waals surface area (Å²) in [5, 5.41) is 6.19. The molecule has 2 N–H and O–H groups in total. The van der Waals surface area contributed by atoms with Crippen LogP contribution in [0, 0.1) is 0 Å². The molecule has 0 aliphatic carbocycles. The molecule has 5 heteroatoms. The van der Waals surface area contributed by atoms with E-state index in [-0.39, 0.29) is 24.2 Å². The van der Waals surface area contributed by atoms with Crippen molar-refractivity contribution in [3.8, 4) is 0 Å². The number of fused-ring (bicyclic) bond motifs is 1. The number of ether oxygens (including phenoxy) is 1. The van der Waals surface area contributed by atoms with Gasteiger partial charge in [-0.25, -0.2) is 0 Å². The van der Waals surface area contributed by atoms with Crippen molar-refractivity contribution < 1.29 is 9.53 Å². The van der Waals surface area contributed by atoms with Gasteiger partial charge in [-0.15, -0.1) is 0 Å². The predicted molar refractivity (Wildman–Crippen MR) is 83.7 cm³/mol. The van der Waals surface area contributed by atoms with E-state index in [0.29, 0.717) is 0 Å². The van der Waals surface area contributed by atoms with E-state index in [1.54, 1.807) is 0 Å². The fourth-order valence-electron chi connectivity index (χ4n) is 3.24. The summed E-state index contributed by atoms with van der Waals surface area (Å²) in [7, 11) is 0. The molecule has 0 spiro atoms. The highest BCUT2D eigenvalue weighted by molar-refractivity contribution is 6.03. The molecule has 3 atom stereocenters. The number of anilines is 2. The van der Waals surface area contributed by atoms with Crippen LogP contribution in [0.25, 0.3) is 0 Å². The molecule has 3 rings (SSSR count). The zero-order chi connectivity index (χ0) is 15.0. The van der Waals surface area contributed by atoms with Crippen molar-refractivity contribution in [2.75, 3.05) is 29.9 Å². The zero-order valence-electron chi connectivity index (χ0n) is 12.8. The summed E-state index contributed by atoms with van der Waals surface area (Å²) in [5.74, 6) is 0.0349. The van der Waals surface area contributed by atoms with Crippen LogP contribution in [0.4, 0.5) is 11.4 Å². The van der Waals surface area contributed by atoms with E-state index in [2.05, 4.69) is 47.6 Å². The number of amides is 1. The highest BCUT2D eigenvalue weighted by atomic mass is 16.5. The SMILES string of the molecule is CCNC1C(=O)Nc2cc(N3C[C@@H](C)O[C@@H](C)C3)ccc21. The summed E-state index contributed by atoms with van der Waals surface area (Å²) in [4.78, 5) is 14.3. The monoisotopic (exact) mass is 289 g/mol. The van der Waals surface area contributed by atoms with Crippen LogP contribution in [0.2, 0.25) is 0 Å². The van der Waals surface area contributed by atoms with E-state index >= 15 is 0 Å². The van der Waals surface area contributed by atoms with E-state index in [4.69, 9.17) is 4.74 Å². The van der Waals surface area contributed by atoms with Crippen LogP contribution in [0.15, 0.2) is 18.2 Å². The Balaban J connectivity index is 1.84. The van der Waals surface area contributed by atoms with E-state index in [9.17, 15) is 4.79 Å². The molecule has 1 aromatic rings. The lowest BCUT2D eigenvalue weighted by molar-refractivity contribution is -0.117. The molecule has 1 unspecified atom stereocenters. The van der Waals surface area contributed by atoms with Crippen LogP contribution in [-0.2, 0) is 9.53 Å². The lowest BCUT2D eigenvalue weighted by atomic mass is 10.1. The fourth-order valence-corrected chi connectivity index (χ4v) is 3.24. The van der Waals surface area contributed by atoms with Crippen LogP contribution < -0.4 is 15.5 Å². The van der Waals surface area contributed by atoms with Crippen molar-refractivity contribution in [3.63, 3.8) is 0 Å². The number of benzene rings is 1. The number of hydrogen-bond acceptors (Lipinski definition) is 4. The smallest absolute Gasteiger partial charge is 0.246 e. The minimum Gasteiger partial charge on any atom is -0.372 e. The van der Waals surface area contributed by atoms with Gasteiger partial charge in [0.2, 0.25) is 5.91 Å². The second kappa shape index (κ2) is 5.66. The third-order valence-electron chi connectivity index (χ3n) is 4.06. The maximum atomic E-state index is 12.0. The molecule has 5 nitrogen and oxygen atoms in total. The van der Waals surface area contributed by atoms with Gasteiger partial charge in [0.15, 0.2) is 0 Å². The first-order valence-corrected chi connectivity index (χ1v) is 7.67. The van der Waals surface area contributed by atoms with Crippen LogP contribution in [0.1, 0.15) is 32.4 Å². The summed E-state index contributed by atoms with van der Waals surface area (Å²) in [6.07, 6.45) is 0.456. The topological polar surface area (TPSA) is 53.6 Å². The summed E-state index contributed by atoms with van der Waals surface area (Å²) < 4.78 is 5.78. The highest BCUT2D eigenvalue weighted by Crippen LogP contribution is 2.34. The minimum absolute atomic E-state index is 0.0349. The van der Waals surface area contributed by atoms with E-state index < -0.39 is 0 Å². The molecular weight excluding hydrogens is 266 g/mol. The Morgan fingerprint density at radius 2 is 2.05 bits per heavy atom. The highest BCUT2D eigenvalue weighted by Gasteiger charge is 2.31. The molecule has 0 saturated carbocycles. The van der Waals surface area contributed by atoms with Crippen LogP contribution in [0.3, 0.4) is 0 Å². The molecule has 2 aliphatic rings. The molecule has 114 valence electrons. The summed E-state index contributed by atoms with van der Waals surface area (Å²) >= 11 is 0. The largest absolute Gasteiger partial charge is 0.372 e. The van der Waals surface area contributed by atoms with Gasteiger partial charge in [-0.1, -0.05) is 13.0 Å². The Hall–Kier alpha value is -1.59. The minimum atomic E-state index is -0.221. The summed E-state index contributed by atoms with van der Waals surface area (Å²) in [6, 6.07) is 6.02. The van der Waals surface area contributed by atoms with Gasteiger partial charge in [-0.3, -0.25) is 4.79 Å². The average molecular weight is 289 g/mol. The third kappa shape index (κ3) is 2.76. The molecule has 1 saturated heterocycles. The molecule has 0 aromatic heterocycles. The van der Waals surface area contributed by atoms with Crippen molar-refractivity contribution in [2.45, 2.75) is 39.0 Å². The fraction of sp³-hybridized carbons (Fsp3) is 0.562. The molecule has 2 heterocycles. The van der Waals surface area contributed by atoms with Crippen molar-refractivity contribution >= 4 is 17.3 Å². The molecule has 1 amide bonds. The van der Waals surface area contributed by atoms with E-state index in [1.165, 1.54) is 0 Å². The molecule has 2 aliphatic heterocycles. The number of hydrogen-bond donors (Lipinski definition) is 2. The lowest BCUT2D eigenvalue weighted by Crippen LogP contribution is -2.45. The molecule has 0 bridgehead atoms. The van der Waals surface area contributed by atoms with Gasteiger partial charge >= 0.3 is 0 Å². The van der Waals surface area contributed by atoms with Gasteiger partial charge in [0, 0.05) is 30.0 Å². The van der Waals surface area contributed by atoms with Crippen LogP contribution >= 0.6 is 0 Å². The van der Waals surface area contributed by atoms with Crippen molar-refractivity contribution in [3.05, 3.63) is 23.8 Å². The molecule has 21 heavy (non-hydrogen) atoms. The average Bonchev–Trinajstić information content (AvgIpc) is 2.74. The first-order chi connectivity index (χ1) is 10.1. The zero-order valence-corrected chi connectivity index (χ0v) is 12.8. The van der Waals surface area contributed by atoms with Gasteiger partial charge in [-0.05, 0) is 32.5 Å². The first kappa shape index (κ1) is 14.4. The Labute approximate surface area is 125 Å². The number of nitrogens with one attached hydrogen (secondary N) is 2. The maximum Gasteiger partial charge on any atom is 0.246 e. The van der Waals surface area contributed by atoms with Gasteiger partial charge in [-0.2, -0.15) is 0 Å². The van der Waals surface area contributed by atoms with Gasteiger partial charge in [0.1, 0.15) is 6.04 Å². The van der Waals surface area contributed by atoms with Crippen molar-refractivity contribution in [1.82, 2.24) is 5.32 Å². The number of rotatable bonds is 3. The van der Waals surface area contributed by atoms with Crippen LogP contribution in [0.5, 0.6) is 0 Å². The van der Waals surface area contributed by atoms with E-state index in [0.717, 1.165) is 36.6 Å². The predicted octanol–water partition coefficient (Wildman–Crippen LogP) is 1.90. The first-order valence-electron chi connectivity index (χ1n) is 7.67. The van der Waals surface area contributed by atoms with Gasteiger partial charge < -0.3 is 20.3 Å². The number of carbonyl (C=O) groups excluding carboxylic acids is 1. The molecule has 1 fully saturated rings. The standard InChI is InChI=1S/C16H23N3O2/c1-4-17-15-13-6-5-12(7-14(13)18-16(15)20)19-8-10(2)21-11(3)9-19/h5-7,10-11,15,17H,4,8-9H2,1-3H3,(H,18,20)/t10-,11+,15?. The van der Waals surface area contributed by atoms with Crippen LogP contribution in [-0.4, -0.2) is 37.7 Å². The van der Waals surface area contributed by atoms with Crippen molar-refractivity contribution in [1.29, 1.82) is 0 Å². The Bertz CT molecular complexity index is 536. The molecule has 0 radical (unpaired) electrons. The third-order valence-corrected chi connectivity index (χ3v) is 4.06. The van der Waals surface area contributed by atoms with Gasteiger partial charge in [0.25, 0.3) is 0 Å². The second-order valence-corrected chi connectivity index (χ2v) is 5.91. The normalized spacial score (nSPS) is 28.4. The Morgan fingerprint density at radius 1 is 1.33 bits per heavy atom. The molecular formula is C16H23N3O2. The number of likely N-dealkylation sites (N-methyl/N-ethyl adjacent to an activating group) is 1. The summed E-state index contributed by atoms with van der Waals surface area (Å²) in [6.45, 7) is 8.74. The van der Waals surface area contributed by atoms with Crippen molar-refractivity contribution in [2.24, 2.45) is 0 Å². The van der Waals surface area contributed by atoms with Gasteiger partial charge in [0.05, 0.1) is 12.2 Å². The lowest BCUT2D eigenvalue weighted by Gasteiger charge is -2.37. The van der Waals surface area contributed by atoms with E-state index in [1.807, 2.05) is 6.92 Å². The number of morpholine rings is 1. The maximum absolute atomic E-state index is 12.0.